The third-order valence-corrected chi connectivity index (χ3v) is 6.91. The second-order valence-corrected chi connectivity index (χ2v) is 8.90. The lowest BCUT2D eigenvalue weighted by atomic mass is 9.86. The monoisotopic (exact) mass is 521 g/mol. The minimum absolute atomic E-state index is 0.00113. The number of carbonyl (C=O) groups excluding carboxylic acids is 3. The van der Waals surface area contributed by atoms with Crippen molar-refractivity contribution in [3.63, 3.8) is 0 Å². The summed E-state index contributed by atoms with van der Waals surface area (Å²) >= 11 is 6.31. The van der Waals surface area contributed by atoms with Crippen LogP contribution in [0.3, 0.4) is 0 Å². The van der Waals surface area contributed by atoms with Crippen molar-refractivity contribution in [1.82, 2.24) is 4.90 Å². The topological polar surface area (TPSA) is 129 Å². The van der Waals surface area contributed by atoms with E-state index in [2.05, 4.69) is 0 Å². The molecule has 0 spiro atoms. The molecule has 12 heteroatoms. The molecule has 0 saturated carbocycles. The molecule has 3 aromatic carbocycles. The maximum atomic E-state index is 13.6. The molecule has 186 valence electrons. The molecule has 0 aliphatic carbocycles. The van der Waals surface area contributed by atoms with Crippen molar-refractivity contribution in [2.45, 2.75) is 12.1 Å². The van der Waals surface area contributed by atoms with E-state index < -0.39 is 34.7 Å². The number of halogens is 1. The minimum Gasteiger partial charge on any atom is -0.495 e. The van der Waals surface area contributed by atoms with E-state index >= 15 is 0 Å². The molecule has 0 aromatic heterocycles. The van der Waals surface area contributed by atoms with Crippen LogP contribution in [0.15, 0.2) is 54.6 Å². The average molecular weight is 522 g/mol. The van der Waals surface area contributed by atoms with Gasteiger partial charge in [-0.2, -0.15) is 0 Å². The van der Waals surface area contributed by atoms with E-state index in [1.54, 1.807) is 36.4 Å². The Morgan fingerprint density at radius 1 is 0.919 bits per heavy atom. The van der Waals surface area contributed by atoms with Crippen molar-refractivity contribution in [2.24, 2.45) is 0 Å². The Morgan fingerprint density at radius 3 is 2.41 bits per heavy atom. The number of hydrogen-bond acceptors (Lipinski definition) is 8. The lowest BCUT2D eigenvalue weighted by molar-refractivity contribution is -0.384. The summed E-state index contributed by atoms with van der Waals surface area (Å²) in [6.07, 6.45) is 0. The average Bonchev–Trinajstić information content (AvgIpc) is 3.45. The normalized spacial score (nSPS) is 19.7. The fraction of sp³-hybridized carbons (Fsp3) is 0.160. The highest BCUT2D eigenvalue weighted by atomic mass is 35.5. The van der Waals surface area contributed by atoms with Gasteiger partial charge in [-0.3, -0.25) is 29.4 Å². The third-order valence-electron chi connectivity index (χ3n) is 6.61. The second-order valence-electron chi connectivity index (χ2n) is 8.50. The number of anilines is 1. The number of imide groups is 1. The van der Waals surface area contributed by atoms with Crippen LogP contribution in [0.25, 0.3) is 0 Å². The number of rotatable bonds is 5. The number of ether oxygens (including phenoxy) is 3. The van der Waals surface area contributed by atoms with Crippen LogP contribution in [0.4, 0.5) is 11.4 Å². The van der Waals surface area contributed by atoms with Crippen LogP contribution in [-0.4, -0.2) is 47.5 Å². The standard InChI is InChI=1S/C25H16ClN3O8/c1-35-18-7-4-13(10-17(18)26)27-21(12-2-6-19-20(8-12)37-11-36-19)22(25(27)32)28-23(30)15-5-3-14(29(33)34)9-16(15)24(28)31/h2-10,21-22H,11H2,1H3/t21-,22-/m0/s1. The number of amides is 3. The first-order valence-electron chi connectivity index (χ1n) is 11.0. The van der Waals surface area contributed by atoms with Crippen molar-refractivity contribution in [3.05, 3.63) is 86.4 Å². The summed E-state index contributed by atoms with van der Waals surface area (Å²) in [4.78, 5) is 53.1. The molecular formula is C25H16ClN3O8. The Labute approximate surface area is 213 Å². The summed E-state index contributed by atoms with van der Waals surface area (Å²) in [5, 5.41) is 11.5. The van der Waals surface area contributed by atoms with E-state index in [9.17, 15) is 24.5 Å². The number of carbonyl (C=O) groups is 3. The number of benzene rings is 3. The van der Waals surface area contributed by atoms with Gasteiger partial charge in [0, 0.05) is 17.8 Å². The highest BCUT2D eigenvalue weighted by Crippen LogP contribution is 2.47. The number of nitro benzene ring substituents is 1. The maximum absolute atomic E-state index is 13.6. The van der Waals surface area contributed by atoms with Crippen LogP contribution in [0.5, 0.6) is 17.2 Å². The first-order valence-corrected chi connectivity index (χ1v) is 11.4. The van der Waals surface area contributed by atoms with Crippen molar-refractivity contribution in [3.8, 4) is 17.2 Å². The molecule has 0 N–H and O–H groups in total. The highest BCUT2D eigenvalue weighted by molar-refractivity contribution is 6.32. The van der Waals surface area contributed by atoms with Gasteiger partial charge in [0.2, 0.25) is 6.79 Å². The van der Waals surface area contributed by atoms with Crippen LogP contribution in [0.1, 0.15) is 32.3 Å². The molecule has 3 aliphatic heterocycles. The highest BCUT2D eigenvalue weighted by Gasteiger charge is 2.57. The predicted molar refractivity (Wildman–Crippen MR) is 128 cm³/mol. The Kier molecular flexibility index (Phi) is 5.06. The van der Waals surface area contributed by atoms with Crippen molar-refractivity contribution < 1.29 is 33.5 Å². The van der Waals surface area contributed by atoms with Crippen molar-refractivity contribution >= 4 is 40.7 Å². The molecule has 1 fully saturated rings. The molecular weight excluding hydrogens is 506 g/mol. The van der Waals surface area contributed by atoms with Gasteiger partial charge in [0.1, 0.15) is 11.8 Å². The van der Waals surface area contributed by atoms with Gasteiger partial charge in [0.15, 0.2) is 11.5 Å². The zero-order valence-corrected chi connectivity index (χ0v) is 19.8. The van der Waals surface area contributed by atoms with Crippen LogP contribution >= 0.6 is 11.6 Å². The zero-order valence-electron chi connectivity index (χ0n) is 19.0. The van der Waals surface area contributed by atoms with Crippen molar-refractivity contribution in [2.75, 3.05) is 18.8 Å². The molecule has 11 nitrogen and oxygen atoms in total. The third kappa shape index (κ3) is 3.31. The van der Waals surface area contributed by atoms with E-state index in [0.29, 0.717) is 28.5 Å². The van der Waals surface area contributed by atoms with Crippen molar-refractivity contribution in [1.29, 1.82) is 0 Å². The Hall–Kier alpha value is -4.64. The van der Waals surface area contributed by atoms with Crippen LogP contribution < -0.4 is 19.1 Å². The van der Waals surface area contributed by atoms with Gasteiger partial charge < -0.3 is 19.1 Å². The number of methoxy groups -OCH3 is 1. The Bertz CT molecular complexity index is 1540. The Balaban J connectivity index is 1.44. The zero-order chi connectivity index (χ0) is 26.0. The second kappa shape index (κ2) is 8.20. The first-order chi connectivity index (χ1) is 17.8. The quantitative estimate of drug-likeness (QED) is 0.215. The van der Waals surface area contributed by atoms with Crippen LogP contribution in [-0.2, 0) is 4.79 Å². The van der Waals surface area contributed by atoms with E-state index in [1.807, 2.05) is 0 Å². The Morgan fingerprint density at radius 2 is 1.68 bits per heavy atom. The molecule has 2 atom stereocenters. The van der Waals surface area contributed by atoms with Gasteiger partial charge >= 0.3 is 0 Å². The lowest BCUT2D eigenvalue weighted by Gasteiger charge is -2.49. The fourth-order valence-electron chi connectivity index (χ4n) is 4.86. The van der Waals surface area contributed by atoms with Gasteiger partial charge in [0.25, 0.3) is 23.4 Å². The predicted octanol–water partition coefficient (Wildman–Crippen LogP) is 3.74. The summed E-state index contributed by atoms with van der Waals surface area (Å²) in [6.45, 7) is 0.0425. The maximum Gasteiger partial charge on any atom is 0.270 e. The summed E-state index contributed by atoms with van der Waals surface area (Å²) in [6, 6.07) is 11.3. The van der Waals surface area contributed by atoms with E-state index in [4.69, 9.17) is 25.8 Å². The van der Waals surface area contributed by atoms with E-state index in [1.165, 1.54) is 18.1 Å². The number of non-ortho nitro benzene ring substituents is 1. The molecule has 3 aromatic rings. The molecule has 1 saturated heterocycles. The molecule has 3 heterocycles. The minimum atomic E-state index is -1.20. The molecule has 3 aliphatic rings. The van der Waals surface area contributed by atoms with Crippen LogP contribution in [0.2, 0.25) is 5.02 Å². The summed E-state index contributed by atoms with van der Waals surface area (Å²) in [5.41, 5.74) is 0.565. The summed E-state index contributed by atoms with van der Waals surface area (Å²) in [5.74, 6) is -0.602. The smallest absolute Gasteiger partial charge is 0.270 e. The van der Waals surface area contributed by atoms with Gasteiger partial charge in [-0.05, 0) is 42.0 Å². The first kappa shape index (κ1) is 22.8. The molecule has 0 bridgehead atoms. The summed E-state index contributed by atoms with van der Waals surface area (Å²) < 4.78 is 16.1. The largest absolute Gasteiger partial charge is 0.495 e. The van der Waals surface area contributed by atoms with Gasteiger partial charge in [0.05, 0.1) is 34.2 Å². The van der Waals surface area contributed by atoms with Gasteiger partial charge in [-0.1, -0.05) is 17.7 Å². The number of nitrogens with zero attached hydrogens (tertiary/aromatic N) is 3. The number of fused-ring (bicyclic) bond motifs is 2. The summed E-state index contributed by atoms with van der Waals surface area (Å²) in [7, 11) is 1.47. The molecule has 0 radical (unpaired) electrons. The van der Waals surface area contributed by atoms with Crippen LogP contribution in [0, 0.1) is 10.1 Å². The van der Waals surface area contributed by atoms with E-state index in [0.717, 1.165) is 17.0 Å². The molecule has 3 amide bonds. The number of β-lactam (4-membered cyclic amide) rings is 1. The van der Waals surface area contributed by atoms with Gasteiger partial charge in [-0.15, -0.1) is 0 Å². The van der Waals surface area contributed by atoms with Gasteiger partial charge in [-0.25, -0.2) is 0 Å². The molecule has 0 unspecified atom stereocenters. The molecule has 37 heavy (non-hydrogen) atoms. The molecule has 6 rings (SSSR count). The number of hydrogen-bond donors (Lipinski definition) is 0. The lowest BCUT2D eigenvalue weighted by Crippen LogP contribution is -2.67. The van der Waals surface area contributed by atoms with E-state index in [-0.39, 0.29) is 28.6 Å². The fourth-order valence-corrected chi connectivity index (χ4v) is 5.11. The SMILES string of the molecule is COc1ccc(N2C(=O)[C@@H](N3C(=O)c4ccc([N+](=O)[O-])cc4C3=O)[C@@H]2c2ccc3c(c2)OCO3)cc1Cl. The number of nitro groups is 1.